The normalized spacial score (nSPS) is 12.2. The molecule has 0 atom stereocenters. The van der Waals surface area contributed by atoms with Gasteiger partial charge in [0.1, 0.15) is 11.5 Å². The molecule has 0 bridgehead atoms. The summed E-state index contributed by atoms with van der Waals surface area (Å²) in [7, 11) is 0. The predicted octanol–water partition coefficient (Wildman–Crippen LogP) is 10.4. The number of fused-ring (bicyclic) bond motifs is 5. The van der Waals surface area contributed by atoms with Gasteiger partial charge in [-0.2, -0.15) is 0 Å². The molecule has 0 saturated heterocycles. The van der Waals surface area contributed by atoms with Crippen molar-refractivity contribution in [3.05, 3.63) is 109 Å². The number of ether oxygens (including phenoxy) is 1. The van der Waals surface area contributed by atoms with E-state index in [9.17, 15) is 0 Å². The molecule has 0 spiro atoms. The van der Waals surface area contributed by atoms with Crippen molar-refractivity contribution < 1.29 is 4.74 Å². The van der Waals surface area contributed by atoms with E-state index in [-0.39, 0.29) is 0 Å². The predicted molar refractivity (Wildman–Crippen MR) is 151 cm³/mol. The smallest absolute Gasteiger partial charge is 0.135 e. The van der Waals surface area contributed by atoms with Gasteiger partial charge in [-0.1, -0.05) is 60.7 Å². The molecule has 3 heteroatoms. The summed E-state index contributed by atoms with van der Waals surface area (Å²) >= 11 is 3.74. The average molecular weight is 483 g/mol. The van der Waals surface area contributed by atoms with Crippen molar-refractivity contribution in [2.24, 2.45) is 0 Å². The zero-order valence-corrected chi connectivity index (χ0v) is 20.3. The van der Waals surface area contributed by atoms with Gasteiger partial charge < -0.3 is 4.74 Å². The van der Waals surface area contributed by atoms with E-state index in [0.717, 1.165) is 17.1 Å². The molecule has 2 aromatic heterocycles. The van der Waals surface area contributed by atoms with Crippen LogP contribution in [0.25, 0.3) is 63.0 Å². The molecular weight excluding hydrogens is 464 g/mol. The first-order chi connectivity index (χ1) is 17.3. The summed E-state index contributed by atoms with van der Waals surface area (Å²) in [6.07, 6.45) is 0. The largest absolute Gasteiger partial charge is 0.456 e. The lowest BCUT2D eigenvalue weighted by atomic mass is 9.92. The molecule has 0 fully saturated rings. The molecule has 164 valence electrons. The topological polar surface area (TPSA) is 9.23 Å². The number of thiophene rings is 2. The summed E-state index contributed by atoms with van der Waals surface area (Å²) in [5.41, 5.74) is 4.97. The second kappa shape index (κ2) is 7.29. The molecular formula is C32H18OS2. The van der Waals surface area contributed by atoms with Crippen LogP contribution in [0.15, 0.2) is 109 Å². The van der Waals surface area contributed by atoms with E-state index >= 15 is 0 Å². The van der Waals surface area contributed by atoms with E-state index < -0.39 is 0 Å². The molecule has 0 N–H and O–H groups in total. The van der Waals surface area contributed by atoms with Gasteiger partial charge in [0.05, 0.1) is 0 Å². The summed E-state index contributed by atoms with van der Waals surface area (Å²) in [5, 5.41) is 5.12. The summed E-state index contributed by atoms with van der Waals surface area (Å²) in [5.74, 6) is 1.86. The maximum absolute atomic E-state index is 6.23. The monoisotopic (exact) mass is 482 g/mol. The zero-order valence-electron chi connectivity index (χ0n) is 18.6. The van der Waals surface area contributed by atoms with Gasteiger partial charge in [-0.15, -0.1) is 22.7 Å². The highest BCUT2D eigenvalue weighted by atomic mass is 32.1. The zero-order chi connectivity index (χ0) is 22.9. The first-order valence-corrected chi connectivity index (χ1v) is 13.3. The van der Waals surface area contributed by atoms with Crippen molar-refractivity contribution in [2.45, 2.75) is 0 Å². The molecule has 7 aromatic rings. The third kappa shape index (κ3) is 2.86. The third-order valence-corrected chi connectivity index (χ3v) is 9.20. The molecule has 5 aromatic carbocycles. The Morgan fingerprint density at radius 2 is 1.26 bits per heavy atom. The fraction of sp³-hybridized carbons (Fsp3) is 0. The van der Waals surface area contributed by atoms with E-state index in [1.807, 2.05) is 28.7 Å². The Labute approximate surface area is 210 Å². The summed E-state index contributed by atoms with van der Waals surface area (Å²) in [4.78, 5) is 2.59. The highest BCUT2D eigenvalue weighted by Crippen LogP contribution is 2.49. The Hall–Kier alpha value is -3.92. The van der Waals surface area contributed by atoms with Gasteiger partial charge in [-0.3, -0.25) is 0 Å². The summed E-state index contributed by atoms with van der Waals surface area (Å²) in [6, 6.07) is 39.3. The summed E-state index contributed by atoms with van der Waals surface area (Å²) in [6.45, 7) is 0. The molecule has 3 heterocycles. The van der Waals surface area contributed by atoms with Gasteiger partial charge in [-0.05, 0) is 65.0 Å². The van der Waals surface area contributed by atoms with Crippen LogP contribution in [-0.2, 0) is 0 Å². The van der Waals surface area contributed by atoms with Crippen molar-refractivity contribution in [1.29, 1.82) is 0 Å². The molecule has 0 aliphatic carbocycles. The van der Waals surface area contributed by atoms with Crippen LogP contribution in [0.2, 0.25) is 0 Å². The Morgan fingerprint density at radius 3 is 2.26 bits per heavy atom. The first-order valence-electron chi connectivity index (χ1n) is 11.7. The summed E-state index contributed by atoms with van der Waals surface area (Å²) < 4.78 is 8.92. The molecule has 1 aliphatic rings. The fourth-order valence-electron chi connectivity index (χ4n) is 5.35. The van der Waals surface area contributed by atoms with Crippen LogP contribution in [0, 0.1) is 0 Å². The maximum Gasteiger partial charge on any atom is 0.135 e. The molecule has 0 amide bonds. The molecule has 35 heavy (non-hydrogen) atoms. The molecule has 0 radical (unpaired) electrons. The van der Waals surface area contributed by atoms with Gasteiger partial charge in [-0.25, -0.2) is 0 Å². The molecule has 0 saturated carbocycles. The van der Waals surface area contributed by atoms with Crippen LogP contribution in [0.3, 0.4) is 0 Å². The van der Waals surface area contributed by atoms with Crippen LogP contribution in [0.4, 0.5) is 0 Å². The van der Waals surface area contributed by atoms with E-state index in [0.29, 0.717) is 0 Å². The van der Waals surface area contributed by atoms with E-state index in [4.69, 9.17) is 4.74 Å². The van der Waals surface area contributed by atoms with Crippen LogP contribution in [-0.4, -0.2) is 0 Å². The average Bonchev–Trinajstić information content (AvgIpc) is 3.54. The lowest BCUT2D eigenvalue weighted by Crippen LogP contribution is -1.97. The van der Waals surface area contributed by atoms with Crippen molar-refractivity contribution in [3.63, 3.8) is 0 Å². The second-order valence-corrected chi connectivity index (χ2v) is 11.1. The highest BCUT2D eigenvalue weighted by Gasteiger charge is 2.21. The highest BCUT2D eigenvalue weighted by molar-refractivity contribution is 7.26. The number of benzene rings is 5. The minimum Gasteiger partial charge on any atom is -0.456 e. The fourth-order valence-corrected chi connectivity index (χ4v) is 7.50. The van der Waals surface area contributed by atoms with Gasteiger partial charge in [0.2, 0.25) is 0 Å². The molecule has 0 unspecified atom stereocenters. The molecule has 8 rings (SSSR count). The van der Waals surface area contributed by atoms with Crippen molar-refractivity contribution in [3.8, 4) is 43.5 Å². The quantitative estimate of drug-likeness (QED) is 0.238. The van der Waals surface area contributed by atoms with Crippen molar-refractivity contribution in [1.82, 2.24) is 0 Å². The lowest BCUT2D eigenvalue weighted by Gasteiger charge is -2.21. The van der Waals surface area contributed by atoms with Crippen LogP contribution in [0.5, 0.6) is 11.5 Å². The third-order valence-electron chi connectivity index (χ3n) is 6.89. The number of hydrogen-bond acceptors (Lipinski definition) is 3. The number of rotatable bonds is 2. The lowest BCUT2D eigenvalue weighted by molar-refractivity contribution is 0.487. The number of hydrogen-bond donors (Lipinski definition) is 0. The second-order valence-electron chi connectivity index (χ2n) is 8.92. The van der Waals surface area contributed by atoms with E-state index in [1.165, 1.54) is 57.4 Å². The van der Waals surface area contributed by atoms with Gasteiger partial charge in [0, 0.05) is 46.4 Å². The van der Waals surface area contributed by atoms with Crippen LogP contribution >= 0.6 is 22.7 Å². The minimum absolute atomic E-state index is 0.924. The van der Waals surface area contributed by atoms with Gasteiger partial charge in [0.25, 0.3) is 0 Å². The van der Waals surface area contributed by atoms with E-state index in [2.05, 4.69) is 103 Å². The SMILES string of the molecule is c1ccc2c(c1)Oc1cccc3cc(-c4ccc(-c5cccc6sc7ccccc7c56)s4)cc-2c13. The molecule has 1 aliphatic heterocycles. The number of para-hydroxylation sites is 1. The Bertz CT molecular complexity index is 1940. The minimum atomic E-state index is 0.924. The standard InChI is InChI=1S/C32H18OS2/c1-3-11-25-21(8-1)24-18-20(17-19-7-5-12-26(33-25)31(19)24)27-15-16-29(34-27)23-10-6-14-30-32(23)22-9-2-4-13-28(22)35-30/h1-18H. The van der Waals surface area contributed by atoms with Crippen molar-refractivity contribution in [2.75, 3.05) is 0 Å². The van der Waals surface area contributed by atoms with Crippen molar-refractivity contribution >= 4 is 53.6 Å². The molecule has 1 nitrogen and oxygen atoms in total. The first kappa shape index (κ1) is 19.4. The Balaban J connectivity index is 1.33. The van der Waals surface area contributed by atoms with Gasteiger partial charge >= 0.3 is 0 Å². The Morgan fingerprint density at radius 1 is 0.486 bits per heavy atom. The van der Waals surface area contributed by atoms with Crippen LogP contribution in [0.1, 0.15) is 0 Å². The van der Waals surface area contributed by atoms with E-state index in [1.54, 1.807) is 0 Å². The van der Waals surface area contributed by atoms with Gasteiger partial charge in [0.15, 0.2) is 0 Å². The Kier molecular flexibility index (Phi) is 4.04. The maximum atomic E-state index is 6.23. The van der Waals surface area contributed by atoms with Crippen LogP contribution < -0.4 is 4.74 Å².